The number of hydrogen-bond donors (Lipinski definition) is 2. The van der Waals surface area contributed by atoms with Gasteiger partial charge in [-0.05, 0) is 30.3 Å². The van der Waals surface area contributed by atoms with Crippen LogP contribution in [0.5, 0.6) is 0 Å². The first kappa shape index (κ1) is 17.9. The monoisotopic (exact) mass is 357 g/mol. The van der Waals surface area contributed by atoms with Crippen molar-refractivity contribution in [2.24, 2.45) is 5.73 Å². The lowest BCUT2D eigenvalue weighted by Gasteiger charge is -2.27. The van der Waals surface area contributed by atoms with Crippen LogP contribution in [0.15, 0.2) is 36.4 Å². The SMILES string of the molecule is CNc1cc(C(N)=O)cc(C(F)(F)F)c1N(C)c1cccc(Cl)c1. The third kappa shape index (κ3) is 3.56. The number of benzene rings is 2. The first-order chi connectivity index (χ1) is 11.1. The predicted molar refractivity (Wildman–Crippen MR) is 89.0 cm³/mol. The molecule has 0 radical (unpaired) electrons. The zero-order chi connectivity index (χ0) is 18.1. The van der Waals surface area contributed by atoms with Crippen molar-refractivity contribution in [2.45, 2.75) is 6.18 Å². The average molecular weight is 358 g/mol. The number of rotatable bonds is 4. The Balaban J connectivity index is 2.73. The first-order valence-corrected chi connectivity index (χ1v) is 7.25. The summed E-state index contributed by atoms with van der Waals surface area (Å²) in [7, 11) is 2.95. The van der Waals surface area contributed by atoms with E-state index in [0.717, 1.165) is 6.07 Å². The Morgan fingerprint density at radius 2 is 1.92 bits per heavy atom. The van der Waals surface area contributed by atoms with Crippen molar-refractivity contribution in [3.63, 3.8) is 0 Å². The summed E-state index contributed by atoms with van der Waals surface area (Å²) in [5, 5.41) is 3.08. The largest absolute Gasteiger partial charge is 0.418 e. The van der Waals surface area contributed by atoms with Crippen LogP contribution in [0, 0.1) is 0 Å². The van der Waals surface area contributed by atoms with Crippen molar-refractivity contribution in [1.29, 1.82) is 0 Å². The van der Waals surface area contributed by atoms with Crippen molar-refractivity contribution < 1.29 is 18.0 Å². The van der Waals surface area contributed by atoms with Gasteiger partial charge in [-0.25, -0.2) is 0 Å². The molecule has 3 N–H and O–H groups in total. The normalized spacial score (nSPS) is 11.2. The molecular formula is C16H15ClF3N3O. The van der Waals surface area contributed by atoms with Gasteiger partial charge in [0.15, 0.2) is 0 Å². The molecule has 128 valence electrons. The van der Waals surface area contributed by atoms with Crippen molar-refractivity contribution >= 4 is 34.6 Å². The first-order valence-electron chi connectivity index (χ1n) is 6.87. The molecule has 8 heteroatoms. The van der Waals surface area contributed by atoms with Gasteiger partial charge in [-0.1, -0.05) is 17.7 Å². The molecular weight excluding hydrogens is 343 g/mol. The zero-order valence-electron chi connectivity index (χ0n) is 12.9. The van der Waals surface area contributed by atoms with Crippen molar-refractivity contribution in [2.75, 3.05) is 24.3 Å². The van der Waals surface area contributed by atoms with Crippen LogP contribution in [0.4, 0.5) is 30.2 Å². The minimum atomic E-state index is -4.67. The highest BCUT2D eigenvalue weighted by Crippen LogP contribution is 2.43. The molecule has 0 saturated heterocycles. The van der Waals surface area contributed by atoms with Gasteiger partial charge in [0.1, 0.15) is 0 Å². The molecule has 4 nitrogen and oxygen atoms in total. The molecule has 0 atom stereocenters. The number of nitrogens with zero attached hydrogens (tertiary/aromatic N) is 1. The van der Waals surface area contributed by atoms with E-state index in [-0.39, 0.29) is 16.9 Å². The van der Waals surface area contributed by atoms with E-state index < -0.39 is 17.6 Å². The fraction of sp³-hybridized carbons (Fsp3) is 0.188. The average Bonchev–Trinajstić information content (AvgIpc) is 2.51. The number of carbonyl (C=O) groups is 1. The van der Waals surface area contributed by atoms with Gasteiger partial charge in [0.05, 0.1) is 16.9 Å². The quantitative estimate of drug-likeness (QED) is 0.859. The highest BCUT2D eigenvalue weighted by atomic mass is 35.5. The molecule has 0 spiro atoms. The molecule has 0 bridgehead atoms. The topological polar surface area (TPSA) is 58.4 Å². The minimum Gasteiger partial charge on any atom is -0.386 e. The smallest absolute Gasteiger partial charge is 0.386 e. The van der Waals surface area contributed by atoms with Gasteiger partial charge >= 0.3 is 6.18 Å². The van der Waals surface area contributed by atoms with Crippen LogP contribution in [-0.2, 0) is 6.18 Å². The third-order valence-corrected chi connectivity index (χ3v) is 3.74. The van der Waals surface area contributed by atoms with Crippen molar-refractivity contribution in [3.05, 3.63) is 52.5 Å². The number of nitrogens with one attached hydrogen (secondary N) is 1. The number of carbonyl (C=O) groups excluding carboxylic acids is 1. The van der Waals surface area contributed by atoms with Gasteiger partial charge in [0.25, 0.3) is 0 Å². The molecule has 0 aliphatic rings. The van der Waals surface area contributed by atoms with Crippen LogP contribution in [0.1, 0.15) is 15.9 Å². The van der Waals surface area contributed by atoms with E-state index in [0.29, 0.717) is 10.7 Å². The van der Waals surface area contributed by atoms with E-state index in [1.54, 1.807) is 24.3 Å². The Hall–Kier alpha value is -2.41. The highest BCUT2D eigenvalue weighted by molar-refractivity contribution is 6.30. The highest BCUT2D eigenvalue weighted by Gasteiger charge is 2.37. The van der Waals surface area contributed by atoms with E-state index in [9.17, 15) is 18.0 Å². The van der Waals surface area contributed by atoms with Crippen LogP contribution in [0.3, 0.4) is 0 Å². The Labute approximate surface area is 142 Å². The molecule has 2 aromatic carbocycles. The molecule has 0 aliphatic carbocycles. The molecule has 0 fully saturated rings. The maximum absolute atomic E-state index is 13.5. The van der Waals surface area contributed by atoms with Gasteiger partial charge < -0.3 is 16.0 Å². The maximum Gasteiger partial charge on any atom is 0.418 e. The van der Waals surface area contributed by atoms with Gasteiger partial charge in [0.2, 0.25) is 5.91 Å². The molecule has 0 saturated carbocycles. The number of nitrogens with two attached hydrogens (primary N) is 1. The van der Waals surface area contributed by atoms with E-state index in [2.05, 4.69) is 5.32 Å². The van der Waals surface area contributed by atoms with Crippen LogP contribution in [-0.4, -0.2) is 20.0 Å². The fourth-order valence-corrected chi connectivity index (χ4v) is 2.54. The maximum atomic E-state index is 13.5. The van der Waals surface area contributed by atoms with E-state index in [1.165, 1.54) is 25.1 Å². The number of halogens is 4. The number of hydrogen-bond acceptors (Lipinski definition) is 3. The summed E-state index contributed by atoms with van der Waals surface area (Å²) in [6.07, 6.45) is -4.67. The lowest BCUT2D eigenvalue weighted by Crippen LogP contribution is -2.21. The Morgan fingerprint density at radius 1 is 1.25 bits per heavy atom. The van der Waals surface area contributed by atoms with E-state index >= 15 is 0 Å². The molecule has 1 amide bonds. The second-order valence-electron chi connectivity index (χ2n) is 5.07. The molecule has 0 aromatic heterocycles. The van der Waals surface area contributed by atoms with Crippen molar-refractivity contribution in [3.8, 4) is 0 Å². The van der Waals surface area contributed by atoms with Crippen LogP contribution in [0.2, 0.25) is 5.02 Å². The number of anilines is 3. The van der Waals surface area contributed by atoms with E-state index in [4.69, 9.17) is 17.3 Å². The molecule has 0 heterocycles. The molecule has 2 aromatic rings. The summed E-state index contributed by atoms with van der Waals surface area (Å²) >= 11 is 5.92. The Bertz CT molecular complexity index is 778. The number of alkyl halides is 3. The molecule has 24 heavy (non-hydrogen) atoms. The van der Waals surface area contributed by atoms with Crippen molar-refractivity contribution in [1.82, 2.24) is 0 Å². The minimum absolute atomic E-state index is 0.126. The lowest BCUT2D eigenvalue weighted by atomic mass is 10.0. The third-order valence-electron chi connectivity index (χ3n) is 3.50. The summed E-state index contributed by atoms with van der Waals surface area (Å²) < 4.78 is 40.6. The summed E-state index contributed by atoms with van der Waals surface area (Å²) in [5.74, 6) is -0.936. The zero-order valence-corrected chi connectivity index (χ0v) is 13.7. The summed E-state index contributed by atoms with van der Waals surface area (Å²) in [5.41, 5.74) is 4.41. The Morgan fingerprint density at radius 3 is 2.42 bits per heavy atom. The standard InChI is InChI=1S/C16H15ClF3N3O/c1-22-13-7-9(15(21)24)6-12(16(18,19)20)14(13)23(2)11-5-3-4-10(17)8-11/h3-8,22H,1-2H3,(H2,21,24). The van der Waals surface area contributed by atoms with Gasteiger partial charge in [-0.3, -0.25) is 4.79 Å². The van der Waals surface area contributed by atoms with Crippen LogP contribution >= 0.6 is 11.6 Å². The van der Waals surface area contributed by atoms with Crippen LogP contribution < -0.4 is 16.0 Å². The Kier molecular flexibility index (Phi) is 4.94. The van der Waals surface area contributed by atoms with Gasteiger partial charge in [0, 0.05) is 30.4 Å². The fourth-order valence-electron chi connectivity index (χ4n) is 2.36. The summed E-state index contributed by atoms with van der Waals surface area (Å²) in [4.78, 5) is 12.7. The summed E-state index contributed by atoms with van der Waals surface area (Å²) in [6, 6.07) is 8.47. The second-order valence-corrected chi connectivity index (χ2v) is 5.51. The number of primary amides is 1. The second kappa shape index (κ2) is 6.60. The lowest BCUT2D eigenvalue weighted by molar-refractivity contribution is -0.137. The molecule has 0 unspecified atom stereocenters. The summed E-state index contributed by atoms with van der Waals surface area (Å²) in [6.45, 7) is 0. The van der Waals surface area contributed by atoms with Crippen LogP contribution in [0.25, 0.3) is 0 Å². The molecule has 0 aliphatic heterocycles. The predicted octanol–water partition coefficient (Wildman–Crippen LogP) is 4.27. The molecule has 2 rings (SSSR count). The van der Waals surface area contributed by atoms with Gasteiger partial charge in [-0.2, -0.15) is 13.2 Å². The van der Waals surface area contributed by atoms with Gasteiger partial charge in [-0.15, -0.1) is 0 Å². The number of amides is 1. The van der Waals surface area contributed by atoms with E-state index in [1.807, 2.05) is 0 Å².